The van der Waals surface area contributed by atoms with Crippen LogP contribution in [-0.2, 0) is 4.79 Å². The highest BCUT2D eigenvalue weighted by atomic mass is 35.5. The van der Waals surface area contributed by atoms with Crippen molar-refractivity contribution < 1.29 is 9.59 Å². The first-order chi connectivity index (χ1) is 10.0. The number of amides is 3. The van der Waals surface area contributed by atoms with Crippen molar-refractivity contribution in [3.63, 3.8) is 0 Å². The second-order valence-corrected chi connectivity index (χ2v) is 6.29. The molecule has 0 saturated heterocycles. The van der Waals surface area contributed by atoms with Gasteiger partial charge in [0.05, 0.1) is 6.54 Å². The Morgan fingerprint density at radius 2 is 1.82 bits per heavy atom. The van der Waals surface area contributed by atoms with Gasteiger partial charge in [-0.2, -0.15) is 0 Å². The van der Waals surface area contributed by atoms with Crippen LogP contribution in [0.1, 0.15) is 52.4 Å². The smallest absolute Gasteiger partial charge is 0.315 e. The van der Waals surface area contributed by atoms with E-state index in [0.717, 1.165) is 19.3 Å². The Labute approximate surface area is 139 Å². The summed E-state index contributed by atoms with van der Waals surface area (Å²) in [6, 6.07) is -0.0366. The maximum absolute atomic E-state index is 11.8. The van der Waals surface area contributed by atoms with Gasteiger partial charge in [-0.15, -0.1) is 12.4 Å². The molecule has 1 fully saturated rings. The number of hydrogen-bond acceptors (Lipinski definition) is 3. The normalized spacial score (nSPS) is 16.5. The van der Waals surface area contributed by atoms with E-state index in [4.69, 9.17) is 5.73 Å². The van der Waals surface area contributed by atoms with Crippen LogP contribution in [0.15, 0.2) is 0 Å². The maximum atomic E-state index is 11.8. The Kier molecular flexibility index (Phi) is 11.0. The second-order valence-electron chi connectivity index (χ2n) is 6.29. The molecule has 0 aromatic heterocycles. The summed E-state index contributed by atoms with van der Waals surface area (Å²) in [5.74, 6) is 0.284. The van der Waals surface area contributed by atoms with Crippen LogP contribution in [0, 0.1) is 5.92 Å². The maximum Gasteiger partial charge on any atom is 0.315 e. The zero-order chi connectivity index (χ0) is 15.7. The highest BCUT2D eigenvalue weighted by Gasteiger charge is 2.16. The van der Waals surface area contributed by atoms with Crippen molar-refractivity contribution >= 4 is 24.3 Å². The third kappa shape index (κ3) is 9.10. The lowest BCUT2D eigenvalue weighted by Gasteiger charge is -2.23. The van der Waals surface area contributed by atoms with Crippen LogP contribution in [-0.4, -0.2) is 37.1 Å². The van der Waals surface area contributed by atoms with E-state index in [1.54, 1.807) is 0 Å². The van der Waals surface area contributed by atoms with Gasteiger partial charge in [-0.3, -0.25) is 4.79 Å². The summed E-state index contributed by atoms with van der Waals surface area (Å²) in [7, 11) is 0. The summed E-state index contributed by atoms with van der Waals surface area (Å²) in [6.07, 6.45) is 6.49. The van der Waals surface area contributed by atoms with Crippen LogP contribution >= 0.6 is 12.4 Å². The van der Waals surface area contributed by atoms with E-state index in [9.17, 15) is 9.59 Å². The molecule has 3 amide bonds. The molecule has 7 heteroatoms. The molecule has 1 aliphatic rings. The van der Waals surface area contributed by atoms with E-state index >= 15 is 0 Å². The molecule has 1 saturated carbocycles. The number of carbonyl (C=O) groups excluding carboxylic acids is 2. The van der Waals surface area contributed by atoms with Crippen molar-refractivity contribution in [3.05, 3.63) is 0 Å². The summed E-state index contributed by atoms with van der Waals surface area (Å²) in [4.78, 5) is 23.5. The van der Waals surface area contributed by atoms with Crippen LogP contribution < -0.4 is 21.7 Å². The number of carbonyl (C=O) groups is 2. The number of hydrogen-bond donors (Lipinski definition) is 4. The third-order valence-corrected chi connectivity index (χ3v) is 3.76. The van der Waals surface area contributed by atoms with Gasteiger partial charge in [0.2, 0.25) is 5.91 Å². The largest absolute Gasteiger partial charge is 0.351 e. The van der Waals surface area contributed by atoms with Gasteiger partial charge in [-0.05, 0) is 25.2 Å². The molecule has 130 valence electrons. The Morgan fingerprint density at radius 1 is 1.18 bits per heavy atom. The molecular weight excluding hydrogens is 304 g/mol. The van der Waals surface area contributed by atoms with Crippen LogP contribution in [0.4, 0.5) is 4.79 Å². The minimum Gasteiger partial charge on any atom is -0.351 e. The van der Waals surface area contributed by atoms with E-state index in [1.165, 1.54) is 19.3 Å². The number of nitrogens with two attached hydrogens (primary N) is 1. The van der Waals surface area contributed by atoms with Gasteiger partial charge in [0.25, 0.3) is 0 Å². The van der Waals surface area contributed by atoms with E-state index in [0.29, 0.717) is 12.5 Å². The van der Waals surface area contributed by atoms with Crippen molar-refractivity contribution in [1.82, 2.24) is 16.0 Å². The fourth-order valence-corrected chi connectivity index (χ4v) is 2.71. The van der Waals surface area contributed by atoms with Crippen LogP contribution in [0.2, 0.25) is 0 Å². The molecule has 0 aliphatic heterocycles. The molecule has 0 radical (unpaired) electrons. The summed E-state index contributed by atoms with van der Waals surface area (Å²) >= 11 is 0. The molecule has 1 atom stereocenters. The lowest BCUT2D eigenvalue weighted by molar-refractivity contribution is -0.120. The summed E-state index contributed by atoms with van der Waals surface area (Å²) in [5.41, 5.74) is 5.63. The predicted molar refractivity (Wildman–Crippen MR) is 91.1 cm³/mol. The number of urea groups is 1. The molecular formula is C15H31ClN4O2. The lowest BCUT2D eigenvalue weighted by Crippen LogP contribution is -2.49. The quantitative estimate of drug-likeness (QED) is 0.568. The van der Waals surface area contributed by atoms with Crippen LogP contribution in [0.25, 0.3) is 0 Å². The van der Waals surface area contributed by atoms with Crippen molar-refractivity contribution in [2.75, 3.05) is 13.1 Å². The highest BCUT2D eigenvalue weighted by Crippen LogP contribution is 2.17. The third-order valence-electron chi connectivity index (χ3n) is 3.76. The Morgan fingerprint density at radius 3 is 2.36 bits per heavy atom. The van der Waals surface area contributed by atoms with Gasteiger partial charge in [0.1, 0.15) is 0 Å². The van der Waals surface area contributed by atoms with Crippen LogP contribution in [0.5, 0.6) is 0 Å². The summed E-state index contributed by atoms with van der Waals surface area (Å²) < 4.78 is 0. The predicted octanol–water partition coefficient (Wildman–Crippen LogP) is 1.53. The Balaban J connectivity index is 0.00000441. The molecule has 22 heavy (non-hydrogen) atoms. The fraction of sp³-hybridized carbons (Fsp3) is 0.867. The molecule has 0 bridgehead atoms. The van der Waals surface area contributed by atoms with E-state index in [-0.39, 0.29) is 43.0 Å². The first-order valence-corrected chi connectivity index (χ1v) is 8.05. The lowest BCUT2D eigenvalue weighted by atomic mass is 9.96. The number of rotatable bonds is 7. The molecule has 1 unspecified atom stereocenters. The zero-order valence-corrected chi connectivity index (χ0v) is 14.5. The highest BCUT2D eigenvalue weighted by molar-refractivity contribution is 5.85. The minimum absolute atomic E-state index is 0. The molecule has 0 aromatic carbocycles. The molecule has 1 aliphatic carbocycles. The summed E-state index contributed by atoms with van der Waals surface area (Å²) in [6.45, 7) is 4.58. The standard InChI is InChI=1S/C15H30N4O2.ClH/c1-11(2)8-13(9-16)18-14(20)10-17-15(21)19-12-6-4-3-5-7-12;/h11-13H,3-10,16H2,1-2H3,(H,18,20)(H2,17,19,21);1H. The van der Waals surface area contributed by atoms with E-state index in [2.05, 4.69) is 29.8 Å². The van der Waals surface area contributed by atoms with Crippen molar-refractivity contribution in [2.24, 2.45) is 11.7 Å². The number of halogens is 1. The van der Waals surface area contributed by atoms with Gasteiger partial charge in [0, 0.05) is 18.6 Å². The first kappa shape index (κ1) is 21.0. The molecule has 0 heterocycles. The molecule has 1 rings (SSSR count). The van der Waals surface area contributed by atoms with E-state index < -0.39 is 0 Å². The zero-order valence-electron chi connectivity index (χ0n) is 13.7. The fourth-order valence-electron chi connectivity index (χ4n) is 2.71. The molecule has 5 N–H and O–H groups in total. The van der Waals surface area contributed by atoms with Crippen molar-refractivity contribution in [2.45, 2.75) is 64.5 Å². The van der Waals surface area contributed by atoms with Crippen molar-refractivity contribution in [1.29, 1.82) is 0 Å². The van der Waals surface area contributed by atoms with Gasteiger partial charge >= 0.3 is 6.03 Å². The van der Waals surface area contributed by atoms with Gasteiger partial charge < -0.3 is 21.7 Å². The Hall–Kier alpha value is -1.01. The molecule has 0 aromatic rings. The molecule has 0 spiro atoms. The average molecular weight is 335 g/mol. The number of nitrogens with one attached hydrogen (secondary N) is 3. The SMILES string of the molecule is CC(C)CC(CN)NC(=O)CNC(=O)NC1CCCCC1.Cl. The van der Waals surface area contributed by atoms with E-state index in [1.807, 2.05) is 0 Å². The Bertz CT molecular complexity index is 334. The monoisotopic (exact) mass is 334 g/mol. The van der Waals surface area contributed by atoms with Crippen molar-refractivity contribution in [3.8, 4) is 0 Å². The molecule has 6 nitrogen and oxygen atoms in total. The summed E-state index contributed by atoms with van der Waals surface area (Å²) in [5, 5.41) is 8.38. The minimum atomic E-state index is -0.259. The van der Waals surface area contributed by atoms with Gasteiger partial charge in [-0.25, -0.2) is 4.79 Å². The second kappa shape index (κ2) is 11.5. The topological polar surface area (TPSA) is 96.2 Å². The van der Waals surface area contributed by atoms with Gasteiger partial charge in [0.15, 0.2) is 0 Å². The van der Waals surface area contributed by atoms with Gasteiger partial charge in [-0.1, -0.05) is 33.1 Å². The first-order valence-electron chi connectivity index (χ1n) is 8.05. The van der Waals surface area contributed by atoms with Crippen LogP contribution in [0.3, 0.4) is 0 Å². The average Bonchev–Trinajstić information content (AvgIpc) is 2.45.